The fourth-order valence-electron chi connectivity index (χ4n) is 1.86. The molecule has 0 spiro atoms. The molecule has 0 aliphatic heterocycles. The van der Waals surface area contributed by atoms with Crippen LogP contribution in [0.25, 0.3) is 11.3 Å². The second-order valence-electron chi connectivity index (χ2n) is 4.33. The number of nitrogens with zero attached hydrogens (tertiary/aromatic N) is 3. The van der Waals surface area contributed by atoms with Crippen LogP contribution < -0.4 is 5.32 Å². The molecule has 0 fully saturated rings. The molecule has 4 nitrogen and oxygen atoms in total. The molecule has 1 N–H and O–H groups in total. The lowest BCUT2D eigenvalue weighted by Crippen LogP contribution is -2.13. The fourth-order valence-corrected chi connectivity index (χ4v) is 1.86. The zero-order valence-electron chi connectivity index (χ0n) is 10.5. The highest BCUT2D eigenvalue weighted by atomic mass is 15.3. The predicted molar refractivity (Wildman–Crippen MR) is 68.6 cm³/mol. The van der Waals surface area contributed by atoms with Crippen molar-refractivity contribution in [2.45, 2.75) is 26.4 Å². The molecule has 2 aromatic rings. The summed E-state index contributed by atoms with van der Waals surface area (Å²) in [5.41, 5.74) is 3.32. The SMILES string of the molecule is CNCc1cc(-c2ccncc2)nn1C(C)C. The van der Waals surface area contributed by atoms with Crippen LogP contribution >= 0.6 is 0 Å². The van der Waals surface area contributed by atoms with Gasteiger partial charge in [0.15, 0.2) is 0 Å². The van der Waals surface area contributed by atoms with Gasteiger partial charge >= 0.3 is 0 Å². The van der Waals surface area contributed by atoms with E-state index in [2.05, 4.69) is 40.0 Å². The standard InChI is InChI=1S/C13H18N4/c1-10(2)17-12(9-14-3)8-13(16-17)11-4-6-15-7-5-11/h4-8,10,14H,9H2,1-3H3. The Morgan fingerprint density at radius 3 is 2.59 bits per heavy atom. The van der Waals surface area contributed by atoms with Crippen molar-refractivity contribution in [2.75, 3.05) is 7.05 Å². The predicted octanol–water partition coefficient (Wildman–Crippen LogP) is 2.25. The first-order valence-electron chi connectivity index (χ1n) is 5.85. The Morgan fingerprint density at radius 1 is 1.29 bits per heavy atom. The van der Waals surface area contributed by atoms with Gasteiger partial charge < -0.3 is 5.32 Å². The smallest absolute Gasteiger partial charge is 0.0927 e. The van der Waals surface area contributed by atoms with Gasteiger partial charge in [0.2, 0.25) is 0 Å². The lowest BCUT2D eigenvalue weighted by atomic mass is 10.2. The van der Waals surface area contributed by atoms with Crippen LogP contribution in [0.5, 0.6) is 0 Å². The Bertz CT molecular complexity index is 473. The van der Waals surface area contributed by atoms with Crippen molar-refractivity contribution in [3.63, 3.8) is 0 Å². The molecule has 2 aromatic heterocycles. The molecule has 0 saturated heterocycles. The third-order valence-corrected chi connectivity index (χ3v) is 2.64. The van der Waals surface area contributed by atoms with Gasteiger partial charge in [-0.25, -0.2) is 0 Å². The van der Waals surface area contributed by atoms with Gasteiger partial charge in [-0.2, -0.15) is 5.10 Å². The average Bonchev–Trinajstić information content (AvgIpc) is 2.75. The molecular weight excluding hydrogens is 212 g/mol. The quantitative estimate of drug-likeness (QED) is 0.876. The van der Waals surface area contributed by atoms with Crippen molar-refractivity contribution in [3.05, 3.63) is 36.3 Å². The third kappa shape index (κ3) is 2.53. The van der Waals surface area contributed by atoms with Gasteiger partial charge in [0.25, 0.3) is 0 Å². The van der Waals surface area contributed by atoms with Gasteiger partial charge in [-0.3, -0.25) is 9.67 Å². The molecule has 2 rings (SSSR count). The van der Waals surface area contributed by atoms with Crippen molar-refractivity contribution < 1.29 is 0 Å². The van der Waals surface area contributed by atoms with E-state index in [0.717, 1.165) is 17.8 Å². The Balaban J connectivity index is 2.40. The zero-order valence-corrected chi connectivity index (χ0v) is 10.5. The van der Waals surface area contributed by atoms with E-state index in [4.69, 9.17) is 0 Å². The topological polar surface area (TPSA) is 42.7 Å². The van der Waals surface area contributed by atoms with E-state index in [1.807, 2.05) is 19.2 Å². The summed E-state index contributed by atoms with van der Waals surface area (Å²) in [5.74, 6) is 0. The minimum Gasteiger partial charge on any atom is -0.314 e. The number of rotatable bonds is 4. The van der Waals surface area contributed by atoms with Gasteiger partial charge in [0, 0.05) is 30.5 Å². The van der Waals surface area contributed by atoms with Crippen LogP contribution in [0.4, 0.5) is 0 Å². The maximum atomic E-state index is 4.65. The molecule has 0 bridgehead atoms. The second kappa shape index (κ2) is 5.10. The number of hydrogen-bond donors (Lipinski definition) is 1. The third-order valence-electron chi connectivity index (χ3n) is 2.64. The van der Waals surface area contributed by atoms with Gasteiger partial charge in [0.05, 0.1) is 11.4 Å². The van der Waals surface area contributed by atoms with Gasteiger partial charge in [-0.1, -0.05) is 0 Å². The molecule has 0 amide bonds. The molecule has 0 aliphatic carbocycles. The lowest BCUT2D eigenvalue weighted by Gasteiger charge is -2.09. The van der Waals surface area contributed by atoms with E-state index in [0.29, 0.717) is 6.04 Å². The first-order valence-corrected chi connectivity index (χ1v) is 5.85. The van der Waals surface area contributed by atoms with E-state index >= 15 is 0 Å². The lowest BCUT2D eigenvalue weighted by molar-refractivity contribution is 0.503. The highest BCUT2D eigenvalue weighted by molar-refractivity contribution is 5.58. The Morgan fingerprint density at radius 2 is 2.00 bits per heavy atom. The normalized spacial score (nSPS) is 11.1. The Kier molecular flexibility index (Phi) is 3.54. The summed E-state index contributed by atoms with van der Waals surface area (Å²) in [6.07, 6.45) is 3.59. The summed E-state index contributed by atoms with van der Waals surface area (Å²) in [7, 11) is 1.95. The summed E-state index contributed by atoms with van der Waals surface area (Å²) in [5, 5.41) is 7.82. The molecule has 17 heavy (non-hydrogen) atoms. The Labute approximate surface area is 102 Å². The molecule has 90 valence electrons. The Hall–Kier alpha value is -1.68. The number of nitrogens with one attached hydrogen (secondary N) is 1. The van der Waals surface area contributed by atoms with Crippen LogP contribution in [0.15, 0.2) is 30.6 Å². The van der Waals surface area contributed by atoms with Crippen LogP contribution in [-0.2, 0) is 6.54 Å². The molecule has 0 aliphatic rings. The summed E-state index contributed by atoms with van der Waals surface area (Å²) in [6, 6.07) is 6.46. The van der Waals surface area contributed by atoms with Crippen molar-refractivity contribution in [1.82, 2.24) is 20.1 Å². The minimum absolute atomic E-state index is 0.369. The van der Waals surface area contributed by atoms with E-state index in [-0.39, 0.29) is 0 Å². The van der Waals surface area contributed by atoms with E-state index in [9.17, 15) is 0 Å². The van der Waals surface area contributed by atoms with Crippen molar-refractivity contribution in [1.29, 1.82) is 0 Å². The molecule has 0 unspecified atom stereocenters. The molecule has 0 aromatic carbocycles. The van der Waals surface area contributed by atoms with Gasteiger partial charge in [-0.15, -0.1) is 0 Å². The second-order valence-corrected chi connectivity index (χ2v) is 4.33. The number of aromatic nitrogens is 3. The van der Waals surface area contributed by atoms with Crippen molar-refractivity contribution in [2.24, 2.45) is 0 Å². The highest BCUT2D eigenvalue weighted by Gasteiger charge is 2.10. The van der Waals surface area contributed by atoms with Crippen LogP contribution in [0, 0.1) is 0 Å². The summed E-state index contributed by atoms with van der Waals surface area (Å²) in [6.45, 7) is 5.11. The van der Waals surface area contributed by atoms with Crippen molar-refractivity contribution in [3.8, 4) is 11.3 Å². The van der Waals surface area contributed by atoms with Crippen molar-refractivity contribution >= 4 is 0 Å². The number of hydrogen-bond acceptors (Lipinski definition) is 3. The van der Waals surface area contributed by atoms with Crippen LogP contribution in [0.1, 0.15) is 25.6 Å². The maximum Gasteiger partial charge on any atom is 0.0927 e. The summed E-state index contributed by atoms with van der Waals surface area (Å²) >= 11 is 0. The van der Waals surface area contributed by atoms with Crippen LogP contribution in [0.2, 0.25) is 0 Å². The summed E-state index contributed by atoms with van der Waals surface area (Å²) < 4.78 is 2.06. The van der Waals surface area contributed by atoms with Crippen LogP contribution in [-0.4, -0.2) is 21.8 Å². The molecule has 0 atom stereocenters. The van der Waals surface area contributed by atoms with Gasteiger partial charge in [0.1, 0.15) is 0 Å². The minimum atomic E-state index is 0.369. The average molecular weight is 230 g/mol. The van der Waals surface area contributed by atoms with Crippen LogP contribution in [0.3, 0.4) is 0 Å². The van der Waals surface area contributed by atoms with Gasteiger partial charge in [-0.05, 0) is 39.1 Å². The first kappa shape index (κ1) is 11.8. The molecule has 4 heteroatoms. The number of pyridine rings is 1. The maximum absolute atomic E-state index is 4.65. The van der Waals surface area contributed by atoms with E-state index in [1.54, 1.807) is 12.4 Å². The molecule has 0 saturated carbocycles. The van der Waals surface area contributed by atoms with E-state index in [1.165, 1.54) is 5.69 Å². The fraction of sp³-hybridized carbons (Fsp3) is 0.385. The summed E-state index contributed by atoms with van der Waals surface area (Å²) in [4.78, 5) is 4.02. The highest BCUT2D eigenvalue weighted by Crippen LogP contribution is 2.20. The molecule has 0 radical (unpaired) electrons. The molecule has 2 heterocycles. The monoisotopic (exact) mass is 230 g/mol. The largest absolute Gasteiger partial charge is 0.314 e. The first-order chi connectivity index (χ1) is 8.22. The van der Waals surface area contributed by atoms with E-state index < -0.39 is 0 Å². The molecular formula is C13H18N4. The zero-order chi connectivity index (χ0) is 12.3.